The summed E-state index contributed by atoms with van der Waals surface area (Å²) in [5, 5.41) is 3.46. The molecule has 0 bridgehead atoms. The molecule has 0 saturated carbocycles. The summed E-state index contributed by atoms with van der Waals surface area (Å²) in [6.45, 7) is 3.40. The number of amides is 1. The van der Waals surface area contributed by atoms with E-state index >= 15 is 0 Å². The Bertz CT molecular complexity index is 1140. The van der Waals surface area contributed by atoms with E-state index in [1.807, 2.05) is 37.3 Å². The van der Waals surface area contributed by atoms with E-state index in [1.165, 1.54) is 12.1 Å². The highest BCUT2D eigenvalue weighted by molar-refractivity contribution is 7.92. The summed E-state index contributed by atoms with van der Waals surface area (Å²) in [5.74, 6) is -0.385. The summed E-state index contributed by atoms with van der Waals surface area (Å²) >= 11 is 6.07. The Kier molecular flexibility index (Phi) is 7.36. The fourth-order valence-corrected chi connectivity index (χ4v) is 5.13. The Hall–Kier alpha value is -2.83. The lowest BCUT2D eigenvalue weighted by Gasteiger charge is -2.27. The van der Waals surface area contributed by atoms with Gasteiger partial charge in [-0.2, -0.15) is 0 Å². The van der Waals surface area contributed by atoms with E-state index in [0.29, 0.717) is 22.7 Å². The number of benzene rings is 3. The fraction of sp³-hybridized carbons (Fsp3) is 0.208. The largest absolute Gasteiger partial charge is 0.348 e. The number of nitrogens with zero attached hydrogens (tertiary/aromatic N) is 1. The first-order valence-corrected chi connectivity index (χ1v) is 11.8. The van der Waals surface area contributed by atoms with E-state index in [2.05, 4.69) is 5.32 Å². The number of anilines is 1. The molecule has 1 amide bonds. The normalized spacial score (nSPS) is 12.2. The monoisotopic (exact) mass is 456 g/mol. The van der Waals surface area contributed by atoms with Crippen molar-refractivity contribution < 1.29 is 13.2 Å². The molecule has 0 heterocycles. The first-order chi connectivity index (χ1) is 14.8. The number of sulfonamides is 1. The third-order valence-corrected chi connectivity index (χ3v) is 7.00. The van der Waals surface area contributed by atoms with Crippen LogP contribution in [0.1, 0.15) is 30.5 Å². The van der Waals surface area contributed by atoms with Crippen molar-refractivity contribution in [1.82, 2.24) is 5.32 Å². The van der Waals surface area contributed by atoms with Gasteiger partial charge in [-0.25, -0.2) is 8.42 Å². The molecule has 31 heavy (non-hydrogen) atoms. The van der Waals surface area contributed by atoms with Crippen LogP contribution in [0.15, 0.2) is 83.8 Å². The smallest absolute Gasteiger partial charge is 0.264 e. The Labute approximate surface area is 188 Å². The molecule has 5 nitrogen and oxygen atoms in total. The van der Waals surface area contributed by atoms with Crippen molar-refractivity contribution in [3.63, 3.8) is 0 Å². The average Bonchev–Trinajstić information content (AvgIpc) is 2.77. The zero-order valence-corrected chi connectivity index (χ0v) is 19.0. The van der Waals surface area contributed by atoms with Crippen molar-refractivity contribution >= 4 is 33.2 Å². The van der Waals surface area contributed by atoms with Crippen LogP contribution in [0.4, 0.5) is 5.69 Å². The summed E-state index contributed by atoms with van der Waals surface area (Å²) in [6.07, 6.45) is 0.682. The Morgan fingerprint density at radius 2 is 1.61 bits per heavy atom. The number of halogens is 1. The van der Waals surface area contributed by atoms with Gasteiger partial charge in [0.15, 0.2) is 0 Å². The summed E-state index contributed by atoms with van der Waals surface area (Å²) < 4.78 is 28.0. The van der Waals surface area contributed by atoms with Crippen molar-refractivity contribution in [1.29, 1.82) is 0 Å². The van der Waals surface area contributed by atoms with Crippen molar-refractivity contribution in [2.75, 3.05) is 10.8 Å². The Balaban J connectivity index is 1.94. The molecule has 3 aromatic carbocycles. The van der Waals surface area contributed by atoms with Crippen molar-refractivity contribution in [3.05, 3.63) is 95.0 Å². The van der Waals surface area contributed by atoms with E-state index in [0.717, 1.165) is 9.87 Å². The van der Waals surface area contributed by atoms with E-state index < -0.39 is 10.0 Å². The number of nitrogens with one attached hydrogen (secondary N) is 1. The van der Waals surface area contributed by atoms with Crippen LogP contribution in [0.5, 0.6) is 0 Å². The molecular formula is C24H25ClN2O3S. The highest BCUT2D eigenvalue weighted by Crippen LogP contribution is 2.29. The molecule has 7 heteroatoms. The van der Waals surface area contributed by atoms with Crippen molar-refractivity contribution in [3.8, 4) is 0 Å². The van der Waals surface area contributed by atoms with E-state index in [-0.39, 0.29) is 23.4 Å². The zero-order valence-electron chi connectivity index (χ0n) is 17.5. The number of rotatable bonds is 8. The van der Waals surface area contributed by atoms with Gasteiger partial charge in [0.25, 0.3) is 10.0 Å². The second kappa shape index (κ2) is 9.98. The second-order valence-corrected chi connectivity index (χ2v) is 9.49. The lowest BCUT2D eigenvalue weighted by atomic mass is 10.0. The van der Waals surface area contributed by atoms with Crippen LogP contribution in [0, 0.1) is 6.92 Å². The molecular weight excluding hydrogens is 432 g/mol. The predicted molar refractivity (Wildman–Crippen MR) is 125 cm³/mol. The van der Waals surface area contributed by atoms with Crippen LogP contribution in [0.2, 0.25) is 5.02 Å². The molecule has 0 fully saturated rings. The van der Waals surface area contributed by atoms with E-state index in [1.54, 1.807) is 43.3 Å². The molecule has 162 valence electrons. The maximum atomic E-state index is 13.4. The molecule has 0 saturated heterocycles. The number of aryl methyl sites for hydroxylation is 1. The Morgan fingerprint density at radius 3 is 2.19 bits per heavy atom. The molecule has 0 spiro atoms. The van der Waals surface area contributed by atoms with Gasteiger partial charge in [-0.15, -0.1) is 0 Å². The van der Waals surface area contributed by atoms with Crippen molar-refractivity contribution in [2.45, 2.75) is 31.2 Å². The van der Waals surface area contributed by atoms with E-state index in [9.17, 15) is 13.2 Å². The van der Waals surface area contributed by atoms with Crippen LogP contribution in [-0.2, 0) is 14.8 Å². The molecule has 1 atom stereocenters. The molecule has 1 N–H and O–H groups in total. The second-order valence-electron chi connectivity index (χ2n) is 7.19. The van der Waals surface area contributed by atoms with Crippen LogP contribution < -0.4 is 9.62 Å². The topological polar surface area (TPSA) is 66.5 Å². The first kappa shape index (κ1) is 22.8. The summed E-state index contributed by atoms with van der Waals surface area (Å²) in [7, 11) is -3.96. The SMILES string of the molecule is CCC(NC(=O)CN(c1ccc(Cl)cc1C)S(=O)(=O)c1ccccc1)c1ccccc1. The lowest BCUT2D eigenvalue weighted by Crippen LogP contribution is -2.42. The average molecular weight is 457 g/mol. The minimum absolute atomic E-state index is 0.118. The maximum Gasteiger partial charge on any atom is 0.264 e. The fourth-order valence-electron chi connectivity index (χ4n) is 3.39. The molecule has 0 radical (unpaired) electrons. The van der Waals surface area contributed by atoms with Gasteiger partial charge in [0.1, 0.15) is 6.54 Å². The molecule has 3 aromatic rings. The van der Waals surface area contributed by atoms with E-state index in [4.69, 9.17) is 11.6 Å². The van der Waals surface area contributed by atoms with Gasteiger partial charge in [0.05, 0.1) is 16.6 Å². The number of carbonyl (C=O) groups excluding carboxylic acids is 1. The van der Waals surface area contributed by atoms with Gasteiger partial charge in [0, 0.05) is 5.02 Å². The van der Waals surface area contributed by atoms with Gasteiger partial charge < -0.3 is 5.32 Å². The predicted octanol–water partition coefficient (Wildman–Crippen LogP) is 5.11. The van der Waals surface area contributed by atoms with Gasteiger partial charge in [-0.1, -0.05) is 67.1 Å². The van der Waals surface area contributed by atoms with Crippen LogP contribution in [0.3, 0.4) is 0 Å². The number of hydrogen-bond acceptors (Lipinski definition) is 3. The zero-order chi connectivity index (χ0) is 22.4. The molecule has 0 aromatic heterocycles. The number of carbonyl (C=O) groups is 1. The van der Waals surface area contributed by atoms with Crippen LogP contribution in [0.25, 0.3) is 0 Å². The standard InChI is InChI=1S/C24H25ClN2O3S/c1-3-22(19-10-6-4-7-11-19)26-24(28)17-27(23-15-14-20(25)16-18(23)2)31(29,30)21-12-8-5-9-13-21/h4-16,22H,3,17H2,1-2H3,(H,26,28). The molecule has 0 aliphatic heterocycles. The molecule has 0 aliphatic rings. The third-order valence-electron chi connectivity index (χ3n) is 4.99. The van der Waals surface area contributed by atoms with Crippen molar-refractivity contribution in [2.24, 2.45) is 0 Å². The molecule has 1 unspecified atom stereocenters. The highest BCUT2D eigenvalue weighted by atomic mass is 35.5. The summed E-state index contributed by atoms with van der Waals surface area (Å²) in [6, 6.07) is 22.4. The minimum atomic E-state index is -3.96. The number of hydrogen-bond donors (Lipinski definition) is 1. The van der Waals surface area contributed by atoms with Gasteiger partial charge in [-0.05, 0) is 54.8 Å². The molecule has 0 aliphatic carbocycles. The van der Waals surface area contributed by atoms with Crippen LogP contribution >= 0.6 is 11.6 Å². The Morgan fingerprint density at radius 1 is 1.00 bits per heavy atom. The maximum absolute atomic E-state index is 13.4. The third kappa shape index (κ3) is 5.46. The van der Waals surface area contributed by atoms with Gasteiger partial charge in [-0.3, -0.25) is 9.10 Å². The quantitative estimate of drug-likeness (QED) is 0.512. The summed E-state index contributed by atoms with van der Waals surface area (Å²) in [4.78, 5) is 13.1. The minimum Gasteiger partial charge on any atom is -0.348 e. The lowest BCUT2D eigenvalue weighted by molar-refractivity contribution is -0.120. The molecule has 3 rings (SSSR count). The summed E-state index contributed by atoms with van der Waals surface area (Å²) in [5.41, 5.74) is 2.05. The van der Waals surface area contributed by atoms with Gasteiger partial charge in [0.2, 0.25) is 5.91 Å². The van der Waals surface area contributed by atoms with Crippen LogP contribution in [-0.4, -0.2) is 20.9 Å². The van der Waals surface area contributed by atoms with Gasteiger partial charge >= 0.3 is 0 Å². The highest BCUT2D eigenvalue weighted by Gasteiger charge is 2.29. The first-order valence-electron chi connectivity index (χ1n) is 10.0.